The van der Waals surface area contributed by atoms with Crippen LogP contribution in [0.15, 0.2) is 40.9 Å². The van der Waals surface area contributed by atoms with Crippen LogP contribution in [-0.4, -0.2) is 29.0 Å². The second-order valence-corrected chi connectivity index (χ2v) is 8.19. The van der Waals surface area contributed by atoms with Gasteiger partial charge >= 0.3 is 5.97 Å². The van der Waals surface area contributed by atoms with Gasteiger partial charge in [0.2, 0.25) is 5.91 Å². The number of carbonyl (C=O) groups excluding carboxylic acids is 2. The number of ether oxygens (including phenoxy) is 2. The molecule has 1 amide bonds. The van der Waals surface area contributed by atoms with Crippen molar-refractivity contribution in [2.24, 2.45) is 0 Å². The number of hydrogen-bond donors (Lipinski definition) is 1. The molecule has 2 aromatic rings. The first-order valence-corrected chi connectivity index (χ1v) is 9.61. The van der Waals surface area contributed by atoms with Crippen LogP contribution in [-0.2, 0) is 20.7 Å². The molecule has 0 saturated heterocycles. The number of amides is 1. The van der Waals surface area contributed by atoms with Gasteiger partial charge in [0.15, 0.2) is 6.61 Å². The van der Waals surface area contributed by atoms with Crippen LogP contribution in [0.2, 0.25) is 0 Å². The normalized spacial score (nSPS) is 11.0. The highest BCUT2D eigenvalue weighted by molar-refractivity contribution is 9.10. The molecule has 30 heavy (non-hydrogen) atoms. The molecule has 1 N–H and O–H groups in total. The predicted octanol–water partition coefficient (Wildman–Crippen LogP) is 4.40. The first kappa shape index (κ1) is 23.3. The molecule has 0 spiro atoms. The standard InChI is InChI=1S/C20H20BrFN2O6/c1-20(2,3)30-19(26)11-29-17-7-6-14(24(27)28)10-16(17)23-18(25)8-12-4-5-13(21)9-15(12)22/h4-7,9-10H,8,11H2,1-3H3,(H,23,25). The first-order chi connectivity index (χ1) is 13.9. The molecule has 0 aliphatic heterocycles. The van der Waals surface area contributed by atoms with E-state index in [1.54, 1.807) is 26.8 Å². The molecule has 0 saturated carbocycles. The van der Waals surface area contributed by atoms with Gasteiger partial charge in [-0.05, 0) is 44.5 Å². The number of nitro benzene ring substituents is 1. The second kappa shape index (κ2) is 9.66. The maximum atomic E-state index is 14.0. The molecule has 0 aromatic heterocycles. The van der Waals surface area contributed by atoms with Crippen LogP contribution in [0.3, 0.4) is 0 Å². The Kier molecular flexibility index (Phi) is 7.49. The minimum Gasteiger partial charge on any atom is -0.480 e. The Balaban J connectivity index is 2.17. The molecule has 2 rings (SSSR count). The fourth-order valence-electron chi connectivity index (χ4n) is 2.40. The number of anilines is 1. The second-order valence-electron chi connectivity index (χ2n) is 7.27. The van der Waals surface area contributed by atoms with Crippen molar-refractivity contribution in [3.63, 3.8) is 0 Å². The number of carbonyl (C=O) groups is 2. The highest BCUT2D eigenvalue weighted by atomic mass is 79.9. The Hall–Kier alpha value is -3.01. The molecule has 0 bridgehead atoms. The van der Waals surface area contributed by atoms with Crippen molar-refractivity contribution in [2.75, 3.05) is 11.9 Å². The van der Waals surface area contributed by atoms with E-state index >= 15 is 0 Å². The fraction of sp³-hybridized carbons (Fsp3) is 0.300. The summed E-state index contributed by atoms with van der Waals surface area (Å²) in [7, 11) is 0. The maximum absolute atomic E-state index is 14.0. The van der Waals surface area contributed by atoms with E-state index in [1.165, 1.54) is 24.3 Å². The molecule has 0 unspecified atom stereocenters. The zero-order chi connectivity index (χ0) is 22.5. The number of nitrogens with one attached hydrogen (secondary N) is 1. The zero-order valence-corrected chi connectivity index (χ0v) is 18.1. The summed E-state index contributed by atoms with van der Waals surface area (Å²) in [4.78, 5) is 34.7. The van der Waals surface area contributed by atoms with Gasteiger partial charge in [0.25, 0.3) is 5.69 Å². The average Bonchev–Trinajstić information content (AvgIpc) is 2.61. The van der Waals surface area contributed by atoms with E-state index in [-0.39, 0.29) is 29.1 Å². The number of nitrogens with zero attached hydrogens (tertiary/aromatic N) is 1. The lowest BCUT2D eigenvalue weighted by molar-refractivity contribution is -0.384. The van der Waals surface area contributed by atoms with Crippen LogP contribution in [0.5, 0.6) is 5.75 Å². The Morgan fingerprint density at radius 3 is 2.50 bits per heavy atom. The average molecular weight is 483 g/mol. The van der Waals surface area contributed by atoms with Crippen LogP contribution >= 0.6 is 15.9 Å². The summed E-state index contributed by atoms with van der Waals surface area (Å²) in [5.74, 6) is -1.79. The molecular weight excluding hydrogens is 463 g/mol. The molecule has 8 nitrogen and oxygen atoms in total. The smallest absolute Gasteiger partial charge is 0.344 e. The van der Waals surface area contributed by atoms with Crippen molar-refractivity contribution in [3.05, 3.63) is 62.4 Å². The van der Waals surface area contributed by atoms with E-state index in [1.807, 2.05) is 0 Å². The third-order valence-corrected chi connectivity index (χ3v) is 4.07. The van der Waals surface area contributed by atoms with Crippen molar-refractivity contribution in [1.29, 1.82) is 0 Å². The number of nitro groups is 1. The van der Waals surface area contributed by atoms with Gasteiger partial charge < -0.3 is 14.8 Å². The lowest BCUT2D eigenvalue weighted by atomic mass is 10.1. The van der Waals surface area contributed by atoms with Gasteiger partial charge in [0.05, 0.1) is 17.0 Å². The third-order valence-electron chi connectivity index (χ3n) is 3.58. The number of rotatable bonds is 7. The van der Waals surface area contributed by atoms with Crippen LogP contribution in [0.4, 0.5) is 15.8 Å². The number of halogens is 2. The number of esters is 1. The molecular formula is C20H20BrFN2O6. The topological polar surface area (TPSA) is 108 Å². The van der Waals surface area contributed by atoms with Crippen molar-refractivity contribution in [1.82, 2.24) is 0 Å². The quantitative estimate of drug-likeness (QED) is 0.356. The Morgan fingerprint density at radius 1 is 1.20 bits per heavy atom. The largest absolute Gasteiger partial charge is 0.480 e. The maximum Gasteiger partial charge on any atom is 0.344 e. The number of benzene rings is 2. The molecule has 0 heterocycles. The Morgan fingerprint density at radius 2 is 1.90 bits per heavy atom. The van der Waals surface area contributed by atoms with Crippen LogP contribution in [0.1, 0.15) is 26.3 Å². The van der Waals surface area contributed by atoms with E-state index in [9.17, 15) is 24.1 Å². The van der Waals surface area contributed by atoms with Gasteiger partial charge in [-0.15, -0.1) is 0 Å². The molecule has 0 fully saturated rings. The molecule has 160 valence electrons. The first-order valence-electron chi connectivity index (χ1n) is 8.81. The molecule has 0 radical (unpaired) electrons. The van der Waals surface area contributed by atoms with E-state index < -0.39 is 34.8 Å². The monoisotopic (exact) mass is 482 g/mol. The predicted molar refractivity (Wildman–Crippen MR) is 111 cm³/mol. The fourth-order valence-corrected chi connectivity index (χ4v) is 2.73. The highest BCUT2D eigenvalue weighted by Crippen LogP contribution is 2.29. The van der Waals surface area contributed by atoms with Gasteiger partial charge in [-0.1, -0.05) is 22.0 Å². The molecule has 0 atom stereocenters. The summed E-state index contributed by atoms with van der Waals surface area (Å²) in [6.07, 6.45) is -0.298. The van der Waals surface area contributed by atoms with Crippen molar-refractivity contribution < 1.29 is 28.4 Å². The van der Waals surface area contributed by atoms with Gasteiger partial charge in [-0.2, -0.15) is 0 Å². The van der Waals surface area contributed by atoms with E-state index in [0.29, 0.717) is 4.47 Å². The summed E-state index contributed by atoms with van der Waals surface area (Å²) >= 11 is 3.14. The van der Waals surface area contributed by atoms with Crippen molar-refractivity contribution in [3.8, 4) is 5.75 Å². The van der Waals surface area contributed by atoms with E-state index in [0.717, 1.165) is 6.07 Å². The lowest BCUT2D eigenvalue weighted by Crippen LogP contribution is -2.27. The summed E-state index contributed by atoms with van der Waals surface area (Å²) in [5, 5.41) is 13.5. The highest BCUT2D eigenvalue weighted by Gasteiger charge is 2.19. The van der Waals surface area contributed by atoms with Gasteiger partial charge in [-0.3, -0.25) is 14.9 Å². The van der Waals surface area contributed by atoms with Crippen molar-refractivity contribution >= 4 is 39.2 Å². The van der Waals surface area contributed by atoms with E-state index in [4.69, 9.17) is 9.47 Å². The van der Waals surface area contributed by atoms with Crippen LogP contribution in [0, 0.1) is 15.9 Å². The van der Waals surface area contributed by atoms with Crippen LogP contribution in [0.25, 0.3) is 0 Å². The Bertz CT molecular complexity index is 974. The minimum atomic E-state index is -0.707. The van der Waals surface area contributed by atoms with Crippen molar-refractivity contribution in [2.45, 2.75) is 32.8 Å². The molecule has 0 aliphatic carbocycles. The van der Waals surface area contributed by atoms with Gasteiger partial charge in [0.1, 0.15) is 17.2 Å². The molecule has 10 heteroatoms. The minimum absolute atomic E-state index is 0.0183. The summed E-state index contributed by atoms with van der Waals surface area (Å²) in [6.45, 7) is 4.64. The van der Waals surface area contributed by atoms with Gasteiger partial charge in [-0.25, -0.2) is 9.18 Å². The Labute approximate surface area is 180 Å². The molecule has 0 aliphatic rings. The third kappa shape index (κ3) is 7.11. The van der Waals surface area contributed by atoms with E-state index in [2.05, 4.69) is 21.2 Å². The summed E-state index contributed by atoms with van der Waals surface area (Å²) < 4.78 is 25.0. The summed E-state index contributed by atoms with van der Waals surface area (Å²) in [6, 6.07) is 7.80. The number of hydrogen-bond acceptors (Lipinski definition) is 6. The zero-order valence-electron chi connectivity index (χ0n) is 16.5. The lowest BCUT2D eigenvalue weighted by Gasteiger charge is -2.20. The van der Waals surface area contributed by atoms with Crippen LogP contribution < -0.4 is 10.1 Å². The molecule has 2 aromatic carbocycles. The van der Waals surface area contributed by atoms with Gasteiger partial charge in [0, 0.05) is 16.6 Å². The summed E-state index contributed by atoms with van der Waals surface area (Å²) in [5.41, 5.74) is -0.862. The SMILES string of the molecule is CC(C)(C)OC(=O)COc1ccc([N+](=O)[O-])cc1NC(=O)Cc1ccc(Br)cc1F. The number of non-ortho nitro benzene ring substituents is 1.